The van der Waals surface area contributed by atoms with Crippen LogP contribution in [-0.2, 0) is 16.0 Å². The lowest BCUT2D eigenvalue weighted by Gasteiger charge is -2.33. The number of amides is 1. The van der Waals surface area contributed by atoms with Gasteiger partial charge in [-0.1, -0.05) is 0 Å². The highest BCUT2D eigenvalue weighted by molar-refractivity contribution is 5.92. The first-order chi connectivity index (χ1) is 13.6. The number of benzene rings is 1. The highest BCUT2D eigenvalue weighted by Crippen LogP contribution is 2.43. The third-order valence-corrected chi connectivity index (χ3v) is 5.12. The molecule has 3 rings (SSSR count). The molecule has 0 bridgehead atoms. The summed E-state index contributed by atoms with van der Waals surface area (Å²) in [5, 5.41) is 13.5. The van der Waals surface area contributed by atoms with Gasteiger partial charge in [-0.25, -0.2) is 4.79 Å². The van der Waals surface area contributed by atoms with Crippen molar-refractivity contribution >= 4 is 22.8 Å². The van der Waals surface area contributed by atoms with Crippen LogP contribution in [0.3, 0.4) is 0 Å². The molecule has 0 spiro atoms. The van der Waals surface area contributed by atoms with Crippen molar-refractivity contribution in [3.8, 4) is 11.5 Å². The van der Waals surface area contributed by atoms with E-state index < -0.39 is 17.5 Å². The van der Waals surface area contributed by atoms with Gasteiger partial charge in [-0.3, -0.25) is 4.79 Å². The van der Waals surface area contributed by atoms with Crippen molar-refractivity contribution in [3.05, 3.63) is 33.2 Å². The number of carboxylic acids is 1. The zero-order valence-corrected chi connectivity index (χ0v) is 17.0. The molecule has 1 amide bonds. The van der Waals surface area contributed by atoms with Gasteiger partial charge in [0, 0.05) is 36.1 Å². The van der Waals surface area contributed by atoms with Gasteiger partial charge in [0.05, 0.1) is 5.39 Å². The van der Waals surface area contributed by atoms with Crippen LogP contribution < -0.4 is 25.5 Å². The summed E-state index contributed by atoms with van der Waals surface area (Å²) in [6.07, 6.45) is 1.18. The number of aliphatic carboxylic acids is 1. The fourth-order valence-corrected chi connectivity index (χ4v) is 3.35. The number of ether oxygens (including phenoxy) is 2. The van der Waals surface area contributed by atoms with E-state index in [4.69, 9.17) is 13.9 Å². The molecular formula is C21H24NO7-. The van der Waals surface area contributed by atoms with Crippen molar-refractivity contribution in [2.24, 2.45) is 0 Å². The van der Waals surface area contributed by atoms with Crippen LogP contribution in [0, 0.1) is 13.8 Å². The number of hydrogen-bond acceptors (Lipinski definition) is 7. The van der Waals surface area contributed by atoms with E-state index in [-0.39, 0.29) is 25.2 Å². The highest BCUT2D eigenvalue weighted by Gasteiger charge is 2.31. The summed E-state index contributed by atoms with van der Waals surface area (Å²) in [5.41, 5.74) is 1.62. The standard InChI is InChI=1S/C21H25NO7/c1-11-12(2)20(26)28-19-13-5-7-21(3,4)29-14(13)9-15(18(11)19)27-10-16(23)22-8-6-17(24)25/h9H,5-8,10H2,1-4H3,(H,22,23)(H,24,25)/p-1. The van der Waals surface area contributed by atoms with Gasteiger partial charge in [0.15, 0.2) is 6.61 Å². The first-order valence-electron chi connectivity index (χ1n) is 9.47. The minimum atomic E-state index is -1.24. The molecule has 2 heterocycles. The quantitative estimate of drug-likeness (QED) is 0.720. The largest absolute Gasteiger partial charge is 0.550 e. The molecule has 0 fully saturated rings. The first-order valence-corrected chi connectivity index (χ1v) is 9.47. The monoisotopic (exact) mass is 402 g/mol. The topological polar surface area (TPSA) is 118 Å². The normalized spacial score (nSPS) is 14.8. The summed E-state index contributed by atoms with van der Waals surface area (Å²) in [5.74, 6) is -0.777. The van der Waals surface area contributed by atoms with Gasteiger partial charge in [0.2, 0.25) is 0 Å². The third kappa shape index (κ3) is 4.36. The number of fused-ring (bicyclic) bond motifs is 3. The molecule has 0 atom stereocenters. The van der Waals surface area contributed by atoms with E-state index in [1.165, 1.54) is 0 Å². The number of hydrogen-bond donors (Lipinski definition) is 1. The van der Waals surface area contributed by atoms with Crippen LogP contribution in [0.25, 0.3) is 11.0 Å². The van der Waals surface area contributed by atoms with Crippen LogP contribution in [0.4, 0.5) is 0 Å². The second-order valence-corrected chi connectivity index (χ2v) is 7.82. The summed E-state index contributed by atoms with van der Waals surface area (Å²) in [6, 6.07) is 1.72. The second kappa shape index (κ2) is 7.77. The molecule has 0 radical (unpaired) electrons. The van der Waals surface area contributed by atoms with Crippen LogP contribution in [0.2, 0.25) is 0 Å². The maximum atomic E-state index is 12.3. The fraction of sp³-hybridized carbons (Fsp3) is 0.476. The predicted octanol–water partition coefficient (Wildman–Crippen LogP) is 1.15. The van der Waals surface area contributed by atoms with Crippen LogP contribution in [0.1, 0.15) is 43.4 Å². The number of nitrogens with one attached hydrogen (secondary N) is 1. The van der Waals surface area contributed by atoms with Crippen molar-refractivity contribution in [1.82, 2.24) is 5.32 Å². The molecule has 0 saturated heterocycles. The number of carbonyl (C=O) groups is 2. The molecular weight excluding hydrogens is 378 g/mol. The fourth-order valence-electron chi connectivity index (χ4n) is 3.35. The Morgan fingerprint density at radius 2 is 2.00 bits per heavy atom. The third-order valence-electron chi connectivity index (χ3n) is 5.12. The maximum absolute atomic E-state index is 12.3. The van der Waals surface area contributed by atoms with Crippen molar-refractivity contribution in [2.75, 3.05) is 13.2 Å². The van der Waals surface area contributed by atoms with Gasteiger partial charge in [0.1, 0.15) is 22.7 Å². The summed E-state index contributed by atoms with van der Waals surface area (Å²) in [7, 11) is 0. The Bertz CT molecular complexity index is 1040. The van der Waals surface area contributed by atoms with Crippen LogP contribution >= 0.6 is 0 Å². The average Bonchev–Trinajstić information content (AvgIpc) is 2.62. The molecule has 29 heavy (non-hydrogen) atoms. The zero-order valence-electron chi connectivity index (χ0n) is 17.0. The van der Waals surface area contributed by atoms with E-state index in [1.54, 1.807) is 19.9 Å². The Balaban J connectivity index is 1.98. The Hall–Kier alpha value is -3.03. The lowest BCUT2D eigenvalue weighted by atomic mass is 9.92. The average molecular weight is 402 g/mol. The van der Waals surface area contributed by atoms with Crippen LogP contribution in [-0.4, -0.2) is 30.6 Å². The predicted molar refractivity (Wildman–Crippen MR) is 103 cm³/mol. The Morgan fingerprint density at radius 3 is 2.69 bits per heavy atom. The Labute approximate surface area is 167 Å². The summed E-state index contributed by atoms with van der Waals surface area (Å²) in [4.78, 5) is 34.7. The SMILES string of the molecule is Cc1c(C)c2c(OCC(=O)NCCC(=O)[O-])cc3c(c2oc1=O)CCC(C)(C)O3. The minimum Gasteiger partial charge on any atom is -0.550 e. The maximum Gasteiger partial charge on any atom is 0.339 e. The van der Waals surface area contributed by atoms with Gasteiger partial charge in [-0.15, -0.1) is 0 Å². The number of carbonyl (C=O) groups excluding carboxylic acids is 2. The molecule has 0 saturated carbocycles. The van der Waals surface area contributed by atoms with E-state index in [0.29, 0.717) is 34.5 Å². The Kier molecular flexibility index (Phi) is 5.55. The molecule has 8 heteroatoms. The first kappa shape index (κ1) is 20.7. The lowest BCUT2D eigenvalue weighted by Crippen LogP contribution is -2.34. The van der Waals surface area contributed by atoms with E-state index in [0.717, 1.165) is 17.5 Å². The molecule has 1 N–H and O–H groups in total. The van der Waals surface area contributed by atoms with E-state index in [9.17, 15) is 19.5 Å². The van der Waals surface area contributed by atoms with Gasteiger partial charge in [-0.2, -0.15) is 0 Å². The number of carboxylic acid groups (broad SMARTS) is 1. The summed E-state index contributed by atoms with van der Waals surface area (Å²) >= 11 is 0. The van der Waals surface area contributed by atoms with Crippen molar-refractivity contribution in [2.45, 2.75) is 52.6 Å². The molecule has 2 aromatic rings. The molecule has 1 aliphatic rings. The molecule has 1 aliphatic heterocycles. The second-order valence-electron chi connectivity index (χ2n) is 7.82. The van der Waals surface area contributed by atoms with E-state index >= 15 is 0 Å². The molecule has 0 aliphatic carbocycles. The van der Waals surface area contributed by atoms with Gasteiger partial charge in [0.25, 0.3) is 5.91 Å². The van der Waals surface area contributed by atoms with Crippen molar-refractivity contribution in [3.63, 3.8) is 0 Å². The van der Waals surface area contributed by atoms with Gasteiger partial charge in [-0.05, 0) is 46.1 Å². The highest BCUT2D eigenvalue weighted by atomic mass is 16.5. The molecule has 156 valence electrons. The molecule has 8 nitrogen and oxygen atoms in total. The van der Waals surface area contributed by atoms with E-state index in [1.807, 2.05) is 13.8 Å². The number of rotatable bonds is 6. The van der Waals surface area contributed by atoms with Crippen molar-refractivity contribution < 1.29 is 28.6 Å². The number of aryl methyl sites for hydroxylation is 2. The zero-order chi connectivity index (χ0) is 21.3. The van der Waals surface area contributed by atoms with Crippen LogP contribution in [0.5, 0.6) is 11.5 Å². The Morgan fingerprint density at radius 1 is 1.28 bits per heavy atom. The van der Waals surface area contributed by atoms with Crippen molar-refractivity contribution in [1.29, 1.82) is 0 Å². The molecule has 1 aromatic heterocycles. The molecule has 1 aromatic carbocycles. The van der Waals surface area contributed by atoms with Gasteiger partial charge < -0.3 is 29.1 Å². The smallest absolute Gasteiger partial charge is 0.339 e. The summed E-state index contributed by atoms with van der Waals surface area (Å²) < 4.78 is 17.4. The molecule has 0 unspecified atom stereocenters. The summed E-state index contributed by atoms with van der Waals surface area (Å²) in [6.45, 7) is 7.07. The van der Waals surface area contributed by atoms with Gasteiger partial charge >= 0.3 is 5.63 Å². The minimum absolute atomic E-state index is 0.0419. The van der Waals surface area contributed by atoms with Crippen LogP contribution in [0.15, 0.2) is 15.3 Å². The van der Waals surface area contributed by atoms with E-state index in [2.05, 4.69) is 5.32 Å². The lowest BCUT2D eigenvalue weighted by molar-refractivity contribution is -0.305.